The number of halogens is 1. The molecule has 1 fully saturated rings. The predicted octanol–water partition coefficient (Wildman–Crippen LogP) is 3.78. The van der Waals surface area contributed by atoms with Crippen molar-refractivity contribution in [2.24, 2.45) is 0 Å². The van der Waals surface area contributed by atoms with Crippen molar-refractivity contribution < 1.29 is 14.3 Å². The molecule has 3 aromatic rings. The van der Waals surface area contributed by atoms with Gasteiger partial charge in [0.05, 0.1) is 37.8 Å². The first kappa shape index (κ1) is 23.7. The van der Waals surface area contributed by atoms with Gasteiger partial charge in [-0.3, -0.25) is 4.79 Å². The van der Waals surface area contributed by atoms with Gasteiger partial charge in [0.25, 0.3) is 5.91 Å². The van der Waals surface area contributed by atoms with Crippen LogP contribution in [0, 0.1) is 0 Å². The minimum Gasteiger partial charge on any atom is -0.495 e. The van der Waals surface area contributed by atoms with Crippen LogP contribution in [-0.4, -0.2) is 54.3 Å². The third kappa shape index (κ3) is 5.73. The van der Waals surface area contributed by atoms with Gasteiger partial charge in [0, 0.05) is 29.9 Å². The Hall–Kier alpha value is -3.43. The molecular weight excluding hydrogens is 456 g/mol. The molecule has 34 heavy (non-hydrogen) atoms. The summed E-state index contributed by atoms with van der Waals surface area (Å²) in [7, 11) is 1.55. The van der Waals surface area contributed by atoms with Gasteiger partial charge in [-0.1, -0.05) is 11.6 Å². The number of carbonyl (C=O) groups excluding carboxylic acids is 1. The summed E-state index contributed by atoms with van der Waals surface area (Å²) in [4.78, 5) is 28.7. The maximum Gasteiger partial charge on any atom is 0.270 e. The maximum absolute atomic E-state index is 12.9. The Morgan fingerprint density at radius 1 is 1.12 bits per heavy atom. The molecule has 1 aliphatic heterocycles. The van der Waals surface area contributed by atoms with E-state index in [1.807, 2.05) is 32.0 Å². The monoisotopic (exact) mass is 482 g/mol. The normalized spacial score (nSPS) is 13.9. The molecule has 0 spiro atoms. The van der Waals surface area contributed by atoms with Crippen LogP contribution in [0.25, 0.3) is 0 Å². The number of anilines is 3. The second-order valence-electron chi connectivity index (χ2n) is 8.33. The van der Waals surface area contributed by atoms with Crippen LogP contribution in [0.5, 0.6) is 5.75 Å². The van der Waals surface area contributed by atoms with Gasteiger partial charge in [-0.05, 0) is 50.2 Å². The minimum atomic E-state index is -0.806. The summed E-state index contributed by atoms with van der Waals surface area (Å²) in [6.45, 7) is 6.38. The lowest BCUT2D eigenvalue weighted by Crippen LogP contribution is -2.43. The van der Waals surface area contributed by atoms with Gasteiger partial charge in [-0.25, -0.2) is 9.97 Å². The van der Waals surface area contributed by atoms with E-state index >= 15 is 0 Å². The highest BCUT2D eigenvalue weighted by atomic mass is 35.5. The molecule has 3 heterocycles. The number of aromatic nitrogens is 3. The van der Waals surface area contributed by atoms with E-state index in [0.717, 1.165) is 5.69 Å². The van der Waals surface area contributed by atoms with Gasteiger partial charge in [-0.2, -0.15) is 4.98 Å². The molecule has 1 aromatic carbocycles. The van der Waals surface area contributed by atoms with Gasteiger partial charge in [0.2, 0.25) is 5.95 Å². The smallest absolute Gasteiger partial charge is 0.270 e. The molecular formula is C24H27ClN6O3. The van der Waals surface area contributed by atoms with Crippen LogP contribution in [0.3, 0.4) is 0 Å². The number of amides is 1. The molecule has 10 heteroatoms. The topological polar surface area (TPSA) is 102 Å². The molecule has 0 atom stereocenters. The number of rotatable bonds is 7. The Morgan fingerprint density at radius 2 is 1.85 bits per heavy atom. The van der Waals surface area contributed by atoms with Crippen LogP contribution in [-0.2, 0) is 10.3 Å². The fourth-order valence-corrected chi connectivity index (χ4v) is 3.58. The molecule has 0 aliphatic carbocycles. The maximum atomic E-state index is 12.9. The van der Waals surface area contributed by atoms with E-state index < -0.39 is 5.54 Å². The third-order valence-electron chi connectivity index (χ3n) is 5.40. The Labute approximate surface area is 203 Å². The van der Waals surface area contributed by atoms with Gasteiger partial charge in [-0.15, -0.1) is 0 Å². The summed E-state index contributed by atoms with van der Waals surface area (Å²) in [5.74, 6) is 1.45. The van der Waals surface area contributed by atoms with E-state index in [2.05, 4.69) is 20.5 Å². The van der Waals surface area contributed by atoms with E-state index in [0.29, 0.717) is 54.5 Å². The summed E-state index contributed by atoms with van der Waals surface area (Å²) in [5.41, 5.74) is 0.975. The number of morpholine rings is 1. The van der Waals surface area contributed by atoms with Crippen molar-refractivity contribution in [3.05, 3.63) is 65.1 Å². The van der Waals surface area contributed by atoms with Crippen LogP contribution >= 0.6 is 11.6 Å². The standard InChI is InChI=1S/C24H27ClN6O3/c1-24(2,30-22(32)19-9-8-18(33-3)15-26-19)20-14-21(27-17-6-4-16(25)5-7-17)29-23(28-20)31-10-12-34-13-11-31/h4-9,14-15H,10-13H2,1-3H3,(H,30,32)(H,27,28,29). The van der Waals surface area contributed by atoms with Crippen LogP contribution in [0.1, 0.15) is 30.0 Å². The van der Waals surface area contributed by atoms with Crippen molar-refractivity contribution in [3.63, 3.8) is 0 Å². The Kier molecular flexibility index (Phi) is 7.14. The number of carbonyl (C=O) groups is 1. The van der Waals surface area contributed by atoms with Gasteiger partial charge < -0.3 is 25.0 Å². The predicted molar refractivity (Wildman–Crippen MR) is 131 cm³/mol. The van der Waals surface area contributed by atoms with Gasteiger partial charge in [0.1, 0.15) is 17.3 Å². The molecule has 178 valence electrons. The summed E-state index contributed by atoms with van der Waals surface area (Å²) in [6.07, 6.45) is 1.51. The molecule has 1 amide bonds. The Bertz CT molecular complexity index is 1130. The fourth-order valence-electron chi connectivity index (χ4n) is 3.45. The first-order valence-corrected chi connectivity index (χ1v) is 11.3. The molecule has 4 rings (SSSR count). The van der Waals surface area contributed by atoms with Crippen molar-refractivity contribution >= 4 is 35.0 Å². The van der Waals surface area contributed by atoms with Crippen molar-refractivity contribution in [1.29, 1.82) is 0 Å². The van der Waals surface area contributed by atoms with Crippen LogP contribution in [0.4, 0.5) is 17.5 Å². The minimum absolute atomic E-state index is 0.288. The molecule has 2 N–H and O–H groups in total. The largest absolute Gasteiger partial charge is 0.495 e. The van der Waals surface area contributed by atoms with Crippen LogP contribution in [0.15, 0.2) is 48.7 Å². The lowest BCUT2D eigenvalue weighted by molar-refractivity contribution is 0.0905. The number of nitrogens with zero attached hydrogens (tertiary/aromatic N) is 4. The number of methoxy groups -OCH3 is 1. The van der Waals surface area contributed by atoms with Crippen LogP contribution in [0.2, 0.25) is 5.02 Å². The summed E-state index contributed by atoms with van der Waals surface area (Å²) >= 11 is 6.02. The molecule has 9 nitrogen and oxygen atoms in total. The van der Waals surface area contributed by atoms with E-state index in [9.17, 15) is 4.79 Å². The van der Waals surface area contributed by atoms with Crippen molar-refractivity contribution in [1.82, 2.24) is 20.3 Å². The van der Waals surface area contributed by atoms with Crippen LogP contribution < -0.4 is 20.3 Å². The average Bonchev–Trinajstić information content (AvgIpc) is 2.85. The van der Waals surface area contributed by atoms with Crippen molar-refractivity contribution in [2.75, 3.05) is 43.6 Å². The van der Waals surface area contributed by atoms with E-state index in [1.54, 1.807) is 31.4 Å². The van der Waals surface area contributed by atoms with Crippen molar-refractivity contribution in [3.8, 4) is 5.75 Å². The second kappa shape index (κ2) is 10.2. The first-order chi connectivity index (χ1) is 16.3. The zero-order valence-electron chi connectivity index (χ0n) is 19.3. The zero-order chi connectivity index (χ0) is 24.1. The molecule has 0 bridgehead atoms. The molecule has 2 aromatic heterocycles. The molecule has 0 radical (unpaired) electrons. The molecule has 1 aliphatic rings. The third-order valence-corrected chi connectivity index (χ3v) is 5.65. The number of benzene rings is 1. The highest BCUT2D eigenvalue weighted by molar-refractivity contribution is 6.30. The zero-order valence-corrected chi connectivity index (χ0v) is 20.1. The number of hydrogen-bond donors (Lipinski definition) is 2. The fraction of sp³-hybridized carbons (Fsp3) is 0.333. The second-order valence-corrected chi connectivity index (χ2v) is 8.77. The number of ether oxygens (including phenoxy) is 2. The van der Waals surface area contributed by atoms with E-state index in [4.69, 9.17) is 31.0 Å². The van der Waals surface area contributed by atoms with Crippen molar-refractivity contribution in [2.45, 2.75) is 19.4 Å². The highest BCUT2D eigenvalue weighted by Crippen LogP contribution is 2.26. The number of pyridine rings is 1. The molecule has 0 unspecified atom stereocenters. The summed E-state index contributed by atoms with van der Waals surface area (Å²) in [5, 5.41) is 7.00. The number of nitrogens with one attached hydrogen (secondary N) is 2. The average molecular weight is 483 g/mol. The Balaban J connectivity index is 1.63. The summed E-state index contributed by atoms with van der Waals surface area (Å²) in [6, 6.07) is 12.5. The first-order valence-electron chi connectivity index (χ1n) is 10.9. The highest BCUT2D eigenvalue weighted by Gasteiger charge is 2.28. The molecule has 1 saturated heterocycles. The molecule has 0 saturated carbocycles. The lowest BCUT2D eigenvalue weighted by atomic mass is 9.99. The SMILES string of the molecule is COc1ccc(C(=O)NC(C)(C)c2cc(Nc3ccc(Cl)cc3)nc(N3CCOCC3)n2)nc1. The van der Waals surface area contributed by atoms with E-state index in [1.165, 1.54) is 6.20 Å². The van der Waals surface area contributed by atoms with E-state index in [-0.39, 0.29) is 11.6 Å². The lowest BCUT2D eigenvalue weighted by Gasteiger charge is -2.30. The van der Waals surface area contributed by atoms with Gasteiger partial charge >= 0.3 is 0 Å². The Morgan fingerprint density at radius 3 is 2.50 bits per heavy atom. The van der Waals surface area contributed by atoms with Gasteiger partial charge in [0.15, 0.2) is 0 Å². The summed E-state index contributed by atoms with van der Waals surface area (Å²) < 4.78 is 10.6. The quantitative estimate of drug-likeness (QED) is 0.524. The number of hydrogen-bond acceptors (Lipinski definition) is 8.